The number of ether oxygens (including phenoxy) is 2. The molecule has 0 aliphatic carbocycles. The van der Waals surface area contributed by atoms with Gasteiger partial charge in [-0.25, -0.2) is 4.79 Å². The number of para-hydroxylation sites is 1. The fraction of sp³-hybridized carbons (Fsp3) is 0.136. The van der Waals surface area contributed by atoms with Crippen LogP contribution in [0, 0.1) is 0 Å². The van der Waals surface area contributed by atoms with Crippen molar-refractivity contribution in [3.63, 3.8) is 0 Å². The van der Waals surface area contributed by atoms with E-state index in [1.54, 1.807) is 12.1 Å². The minimum atomic E-state index is -0.339. The molecule has 4 heteroatoms. The van der Waals surface area contributed by atoms with E-state index in [0.29, 0.717) is 12.2 Å². The highest BCUT2D eigenvalue weighted by Gasteiger charge is 2.10. The molecule has 0 heterocycles. The van der Waals surface area contributed by atoms with Gasteiger partial charge >= 0.3 is 5.97 Å². The van der Waals surface area contributed by atoms with Crippen molar-refractivity contribution in [3.05, 3.63) is 99.5 Å². The van der Waals surface area contributed by atoms with Crippen LogP contribution in [0.2, 0.25) is 0 Å². The predicted octanol–water partition coefficient (Wildman–Crippen LogP) is 5.41. The lowest BCUT2D eigenvalue weighted by atomic mass is 10.0. The van der Waals surface area contributed by atoms with Crippen LogP contribution in [0.3, 0.4) is 0 Å². The zero-order valence-electron chi connectivity index (χ0n) is 14.4. The highest BCUT2D eigenvalue weighted by Crippen LogP contribution is 2.31. The Balaban J connectivity index is 1.74. The lowest BCUT2D eigenvalue weighted by Crippen LogP contribution is -2.03. The molecule has 0 amide bonds. The molecular formula is C22H19BrO3. The average molecular weight is 411 g/mol. The molecule has 0 saturated carbocycles. The van der Waals surface area contributed by atoms with Crippen molar-refractivity contribution in [2.45, 2.75) is 13.0 Å². The molecular weight excluding hydrogens is 392 g/mol. The second kappa shape index (κ2) is 8.68. The standard InChI is InChI=1S/C22H19BrO3/c1-25-22(24)18-12-10-17(11-13-18)15-26-21-19(8-5-9-20(21)23)14-16-6-3-2-4-7-16/h2-13H,14-15H2,1H3. The number of esters is 1. The molecule has 0 fully saturated rings. The van der Waals surface area contributed by atoms with Crippen LogP contribution in [0.15, 0.2) is 77.3 Å². The fourth-order valence-electron chi connectivity index (χ4n) is 2.68. The molecule has 3 nitrogen and oxygen atoms in total. The Hall–Kier alpha value is -2.59. The molecule has 0 aliphatic rings. The summed E-state index contributed by atoms with van der Waals surface area (Å²) in [6.45, 7) is 0.422. The molecule has 0 aromatic heterocycles. The van der Waals surface area contributed by atoms with Crippen LogP contribution >= 0.6 is 15.9 Å². The van der Waals surface area contributed by atoms with Gasteiger partial charge in [-0.2, -0.15) is 0 Å². The van der Waals surface area contributed by atoms with Crippen LogP contribution in [0.25, 0.3) is 0 Å². The second-order valence-corrected chi connectivity index (χ2v) is 6.72. The molecule has 3 aromatic carbocycles. The maximum atomic E-state index is 11.5. The predicted molar refractivity (Wildman–Crippen MR) is 106 cm³/mol. The van der Waals surface area contributed by atoms with E-state index >= 15 is 0 Å². The van der Waals surface area contributed by atoms with E-state index in [0.717, 1.165) is 27.8 Å². The highest BCUT2D eigenvalue weighted by atomic mass is 79.9. The number of hydrogen-bond acceptors (Lipinski definition) is 3. The fourth-order valence-corrected chi connectivity index (χ4v) is 3.20. The topological polar surface area (TPSA) is 35.5 Å². The SMILES string of the molecule is COC(=O)c1ccc(COc2c(Br)cccc2Cc2ccccc2)cc1. The number of halogens is 1. The molecule has 3 rings (SSSR count). The minimum absolute atomic E-state index is 0.339. The first kappa shape index (κ1) is 18.2. The maximum Gasteiger partial charge on any atom is 0.337 e. The van der Waals surface area contributed by atoms with Gasteiger partial charge in [0.15, 0.2) is 0 Å². The van der Waals surface area contributed by atoms with Gasteiger partial charge in [-0.05, 0) is 50.8 Å². The van der Waals surface area contributed by atoms with E-state index in [1.165, 1.54) is 12.7 Å². The van der Waals surface area contributed by atoms with Crippen LogP contribution < -0.4 is 4.74 Å². The van der Waals surface area contributed by atoms with Gasteiger partial charge in [0.05, 0.1) is 17.1 Å². The Morgan fingerprint density at radius 2 is 1.62 bits per heavy atom. The normalized spacial score (nSPS) is 10.4. The summed E-state index contributed by atoms with van der Waals surface area (Å²) in [5.41, 5.74) is 3.87. The summed E-state index contributed by atoms with van der Waals surface area (Å²) in [4.78, 5) is 11.5. The number of hydrogen-bond donors (Lipinski definition) is 0. The molecule has 0 aliphatic heterocycles. The van der Waals surface area contributed by atoms with Crippen LogP contribution in [0.1, 0.15) is 27.0 Å². The van der Waals surface area contributed by atoms with Crippen molar-refractivity contribution in [1.29, 1.82) is 0 Å². The molecule has 0 unspecified atom stereocenters. The number of carbonyl (C=O) groups is 1. The van der Waals surface area contributed by atoms with Crippen molar-refractivity contribution in [2.75, 3.05) is 7.11 Å². The second-order valence-electron chi connectivity index (χ2n) is 5.87. The third-order valence-corrected chi connectivity index (χ3v) is 4.67. The van der Waals surface area contributed by atoms with Crippen LogP contribution in [0.4, 0.5) is 0 Å². The quantitative estimate of drug-likeness (QED) is 0.509. The first-order valence-corrected chi connectivity index (χ1v) is 9.08. The number of carbonyl (C=O) groups excluding carboxylic acids is 1. The Morgan fingerprint density at radius 1 is 0.885 bits per heavy atom. The maximum absolute atomic E-state index is 11.5. The molecule has 0 atom stereocenters. The summed E-state index contributed by atoms with van der Waals surface area (Å²) in [6, 6.07) is 23.6. The van der Waals surface area contributed by atoms with Gasteiger partial charge in [-0.15, -0.1) is 0 Å². The van der Waals surface area contributed by atoms with E-state index in [2.05, 4.69) is 34.1 Å². The summed E-state index contributed by atoms with van der Waals surface area (Å²) in [7, 11) is 1.38. The number of rotatable bonds is 6. The van der Waals surface area contributed by atoms with E-state index in [4.69, 9.17) is 9.47 Å². The average Bonchev–Trinajstić information content (AvgIpc) is 2.68. The lowest BCUT2D eigenvalue weighted by Gasteiger charge is -2.14. The molecule has 26 heavy (non-hydrogen) atoms. The largest absolute Gasteiger partial charge is 0.487 e. The number of methoxy groups -OCH3 is 1. The van der Waals surface area contributed by atoms with Gasteiger partial charge in [0.25, 0.3) is 0 Å². The number of benzene rings is 3. The smallest absolute Gasteiger partial charge is 0.337 e. The van der Waals surface area contributed by atoms with E-state index < -0.39 is 0 Å². The first-order chi connectivity index (χ1) is 12.7. The summed E-state index contributed by atoms with van der Waals surface area (Å²) in [6.07, 6.45) is 0.802. The molecule has 0 spiro atoms. The minimum Gasteiger partial charge on any atom is -0.487 e. The van der Waals surface area contributed by atoms with Crippen LogP contribution in [-0.2, 0) is 17.8 Å². The van der Waals surface area contributed by atoms with E-state index in [1.807, 2.05) is 42.5 Å². The molecule has 3 aromatic rings. The third-order valence-electron chi connectivity index (χ3n) is 4.04. The summed E-state index contributed by atoms with van der Waals surface area (Å²) in [5.74, 6) is 0.502. The van der Waals surface area contributed by atoms with Gasteiger partial charge in [0, 0.05) is 6.42 Å². The zero-order valence-corrected chi connectivity index (χ0v) is 16.0. The monoisotopic (exact) mass is 410 g/mol. The Kier molecular flexibility index (Phi) is 6.08. The Bertz CT molecular complexity index is 874. The zero-order chi connectivity index (χ0) is 18.4. The van der Waals surface area contributed by atoms with Crippen molar-refractivity contribution >= 4 is 21.9 Å². The van der Waals surface area contributed by atoms with E-state index in [-0.39, 0.29) is 5.97 Å². The van der Waals surface area contributed by atoms with Crippen molar-refractivity contribution in [3.8, 4) is 5.75 Å². The lowest BCUT2D eigenvalue weighted by molar-refractivity contribution is 0.0600. The Labute approximate surface area is 161 Å². The summed E-state index contributed by atoms with van der Waals surface area (Å²) >= 11 is 3.59. The van der Waals surface area contributed by atoms with Crippen LogP contribution in [-0.4, -0.2) is 13.1 Å². The molecule has 0 N–H and O–H groups in total. The third kappa shape index (κ3) is 4.52. The van der Waals surface area contributed by atoms with Gasteiger partial charge in [-0.3, -0.25) is 0 Å². The van der Waals surface area contributed by atoms with Gasteiger partial charge in [0.2, 0.25) is 0 Å². The van der Waals surface area contributed by atoms with Crippen LogP contribution in [0.5, 0.6) is 5.75 Å². The van der Waals surface area contributed by atoms with Gasteiger partial charge < -0.3 is 9.47 Å². The molecule has 0 bridgehead atoms. The van der Waals surface area contributed by atoms with E-state index in [9.17, 15) is 4.79 Å². The van der Waals surface area contributed by atoms with Crippen molar-refractivity contribution < 1.29 is 14.3 Å². The molecule has 0 radical (unpaired) electrons. The summed E-state index contributed by atoms with van der Waals surface area (Å²) < 4.78 is 11.7. The molecule has 0 saturated heterocycles. The van der Waals surface area contributed by atoms with Gasteiger partial charge in [0.1, 0.15) is 12.4 Å². The highest BCUT2D eigenvalue weighted by molar-refractivity contribution is 9.10. The molecule has 132 valence electrons. The summed E-state index contributed by atoms with van der Waals surface area (Å²) in [5, 5.41) is 0. The first-order valence-electron chi connectivity index (χ1n) is 8.29. The van der Waals surface area contributed by atoms with Crippen molar-refractivity contribution in [1.82, 2.24) is 0 Å². The van der Waals surface area contributed by atoms with Crippen molar-refractivity contribution in [2.24, 2.45) is 0 Å². The Morgan fingerprint density at radius 3 is 2.31 bits per heavy atom. The van der Waals surface area contributed by atoms with Gasteiger partial charge in [-0.1, -0.05) is 54.6 Å².